The highest BCUT2D eigenvalue weighted by atomic mass is 32.2. The normalized spacial score (nSPS) is 12.9. The molecule has 0 saturated heterocycles. The number of fused-ring (bicyclic) bond motifs is 2. The number of hydrogen-bond acceptors (Lipinski definition) is 15. The number of amides is 2. The minimum atomic E-state index is -5.08. The second kappa shape index (κ2) is 18.8. The van der Waals surface area contributed by atoms with Gasteiger partial charge in [-0.25, -0.2) is 4.79 Å². The molecule has 2 unspecified atom stereocenters. The summed E-state index contributed by atoms with van der Waals surface area (Å²) in [5.41, 5.74) is -0.919. The maximum absolute atomic E-state index is 13.1. The first-order chi connectivity index (χ1) is 31.0. The van der Waals surface area contributed by atoms with Gasteiger partial charge in [0.1, 0.15) is 21.2 Å². The fourth-order valence-corrected chi connectivity index (χ4v) is 7.86. The Hall–Kier alpha value is -8.39. The Kier molecular flexibility index (Phi) is 13.4. The lowest BCUT2D eigenvalue weighted by atomic mass is 9.96. The molecular formula is C41H32N6O17S2. The first-order valence-electron chi connectivity index (χ1n) is 18.5. The molecule has 0 saturated carbocycles. The third-order valence-electron chi connectivity index (χ3n) is 9.65. The first-order valence-corrected chi connectivity index (χ1v) is 21.4. The predicted octanol–water partition coefficient (Wildman–Crippen LogP) is 7.66. The summed E-state index contributed by atoms with van der Waals surface area (Å²) in [5, 5.41) is 79.3. The van der Waals surface area contributed by atoms with Gasteiger partial charge >= 0.3 is 29.9 Å². The van der Waals surface area contributed by atoms with Crippen LogP contribution in [-0.4, -0.2) is 86.5 Å². The molecule has 6 aromatic rings. The van der Waals surface area contributed by atoms with Crippen LogP contribution in [0.1, 0.15) is 35.8 Å². The number of aliphatic carboxylic acids is 4. The minimum Gasteiger partial charge on any atom is -0.505 e. The van der Waals surface area contributed by atoms with Crippen LogP contribution in [0.15, 0.2) is 127 Å². The summed E-state index contributed by atoms with van der Waals surface area (Å²) >= 11 is 0. The lowest BCUT2D eigenvalue weighted by Crippen LogP contribution is -2.19. The van der Waals surface area contributed by atoms with Crippen molar-refractivity contribution in [2.24, 2.45) is 20.5 Å². The van der Waals surface area contributed by atoms with E-state index in [4.69, 9.17) is 10.2 Å². The molecule has 2 amide bonds. The zero-order valence-electron chi connectivity index (χ0n) is 33.2. The van der Waals surface area contributed by atoms with E-state index >= 15 is 0 Å². The van der Waals surface area contributed by atoms with Crippen LogP contribution in [0.4, 0.5) is 38.9 Å². The Labute approximate surface area is 370 Å². The van der Waals surface area contributed by atoms with Crippen molar-refractivity contribution in [1.82, 2.24) is 0 Å². The average Bonchev–Trinajstić information content (AvgIpc) is 3.23. The number of carboxylic acid groups (broad SMARTS) is 4. The molecule has 23 nitrogen and oxygen atoms in total. The minimum absolute atomic E-state index is 0.00160. The number of hydrogen-bond donors (Lipinski definition) is 10. The Bertz CT molecular complexity index is 3050. The number of benzene rings is 6. The van der Waals surface area contributed by atoms with Crippen molar-refractivity contribution >= 4 is 106 Å². The van der Waals surface area contributed by atoms with E-state index in [1.807, 2.05) is 0 Å². The summed E-state index contributed by atoms with van der Waals surface area (Å²) in [4.78, 5) is 56.6. The highest BCUT2D eigenvalue weighted by molar-refractivity contribution is 7.86. The Morgan fingerprint density at radius 1 is 0.500 bits per heavy atom. The molecular weight excluding hydrogens is 913 g/mol. The number of anilines is 2. The fourth-order valence-electron chi connectivity index (χ4n) is 6.55. The van der Waals surface area contributed by atoms with E-state index in [1.165, 1.54) is 84.9 Å². The molecule has 6 rings (SSSR count). The van der Waals surface area contributed by atoms with Crippen LogP contribution >= 0.6 is 0 Å². The third-order valence-corrected chi connectivity index (χ3v) is 11.4. The van der Waals surface area contributed by atoms with Crippen molar-refractivity contribution in [3.8, 4) is 11.5 Å². The zero-order chi connectivity index (χ0) is 48.2. The van der Waals surface area contributed by atoms with E-state index in [2.05, 4.69) is 31.1 Å². The molecule has 0 fully saturated rings. The van der Waals surface area contributed by atoms with Crippen molar-refractivity contribution in [2.45, 2.75) is 34.5 Å². The van der Waals surface area contributed by atoms with E-state index in [-0.39, 0.29) is 55.4 Å². The van der Waals surface area contributed by atoms with E-state index in [9.17, 15) is 70.3 Å². The van der Waals surface area contributed by atoms with Crippen LogP contribution in [0, 0.1) is 0 Å². The van der Waals surface area contributed by atoms with E-state index in [1.54, 1.807) is 0 Å². The molecule has 0 aliphatic carbocycles. The molecule has 340 valence electrons. The summed E-state index contributed by atoms with van der Waals surface area (Å²) < 4.78 is 69.8. The quantitative estimate of drug-likeness (QED) is 0.0329. The van der Waals surface area contributed by atoms with Gasteiger partial charge in [-0.2, -0.15) is 27.1 Å². The van der Waals surface area contributed by atoms with E-state index in [0.29, 0.717) is 0 Å². The summed E-state index contributed by atoms with van der Waals surface area (Å²) in [7, 11) is -10.2. The fraction of sp³-hybridized carbons (Fsp3) is 0.0976. The number of carbonyl (C=O) groups excluding carboxylic acids is 1. The van der Waals surface area contributed by atoms with Crippen molar-refractivity contribution in [3.63, 3.8) is 0 Å². The maximum atomic E-state index is 13.1. The van der Waals surface area contributed by atoms with E-state index in [0.717, 1.165) is 12.1 Å². The number of phenols is 2. The van der Waals surface area contributed by atoms with Crippen LogP contribution in [0.3, 0.4) is 0 Å². The first kappa shape index (κ1) is 47.1. The number of phenolic OH excluding ortho intramolecular Hbond substituents is 2. The summed E-state index contributed by atoms with van der Waals surface area (Å²) in [6.07, 6.45) is -1.39. The number of carbonyl (C=O) groups is 5. The topological polar surface area (TPSA) is 389 Å². The SMILES string of the molecule is O=C(O)CC(C(=O)O)c1ccc(N=Nc2c(S(=O)(=O)O)cc3cc(NC(=O)Nc4ccc5c(O)c(N=Nc6ccc(C(CC(=O)O)C(=O)O)cc6)c(S(=O)(=O)O)cc5c4)ccc3c2O)cc1. The monoisotopic (exact) mass is 944 g/mol. The second-order valence-electron chi connectivity index (χ2n) is 14.1. The molecule has 0 radical (unpaired) electrons. The smallest absolute Gasteiger partial charge is 0.323 e. The third kappa shape index (κ3) is 10.9. The maximum Gasteiger partial charge on any atom is 0.323 e. The van der Waals surface area contributed by atoms with Gasteiger partial charge in [-0.3, -0.25) is 28.3 Å². The molecule has 25 heteroatoms. The summed E-state index contributed by atoms with van der Waals surface area (Å²) in [6, 6.07) is 18.9. The number of urea groups is 1. The molecule has 0 aliphatic heterocycles. The van der Waals surface area contributed by atoms with Gasteiger partial charge in [0.25, 0.3) is 20.2 Å². The largest absolute Gasteiger partial charge is 0.505 e. The highest BCUT2D eigenvalue weighted by Gasteiger charge is 2.26. The van der Waals surface area contributed by atoms with Gasteiger partial charge in [0.05, 0.1) is 36.1 Å². The van der Waals surface area contributed by atoms with E-state index < -0.39 is 107 Å². The van der Waals surface area contributed by atoms with Crippen LogP contribution < -0.4 is 10.6 Å². The van der Waals surface area contributed by atoms with Gasteiger partial charge in [0.2, 0.25) is 0 Å². The standard InChI is InChI=1S/C41H32N6O17S2/c48-33(49)17-29(39(54)55)19-1-5-23(6-2-19)44-46-35-31(65(59,60)61)15-21-13-25(9-11-27(21)37(35)52)42-41(58)43-26-10-12-28-22(14-26)16-32(66(62,63)64)36(38(28)53)47-45-24-7-3-20(4-8-24)30(40(56)57)18-34(50)51/h1-16,29-30,52-53H,17-18H2,(H,48,49)(H,50,51)(H,54,55)(H,56,57)(H2,42,43,58)(H,59,60,61)(H,62,63,64). The lowest BCUT2D eigenvalue weighted by molar-refractivity contribution is -0.145. The Morgan fingerprint density at radius 2 is 0.848 bits per heavy atom. The van der Waals surface area contributed by atoms with Gasteiger partial charge < -0.3 is 41.3 Å². The Balaban J connectivity index is 1.22. The summed E-state index contributed by atoms with van der Waals surface area (Å²) in [5.74, 6) is -9.65. The van der Waals surface area contributed by atoms with Gasteiger partial charge in [0.15, 0.2) is 11.5 Å². The molecule has 0 bridgehead atoms. The van der Waals surface area contributed by atoms with Crippen molar-refractivity contribution in [1.29, 1.82) is 0 Å². The van der Waals surface area contributed by atoms with Gasteiger partial charge in [-0.05, 0) is 94.7 Å². The highest BCUT2D eigenvalue weighted by Crippen LogP contribution is 2.44. The second-order valence-corrected chi connectivity index (χ2v) is 16.9. The molecule has 66 heavy (non-hydrogen) atoms. The number of carboxylic acids is 4. The molecule has 2 atom stereocenters. The van der Waals surface area contributed by atoms with Crippen LogP contribution in [0.5, 0.6) is 11.5 Å². The number of azo groups is 2. The summed E-state index contributed by atoms with van der Waals surface area (Å²) in [6.45, 7) is 0. The number of nitrogens with one attached hydrogen (secondary N) is 2. The van der Waals surface area contributed by atoms with Crippen molar-refractivity contribution < 1.29 is 80.6 Å². The molecule has 0 aliphatic rings. The number of rotatable bonds is 16. The molecule has 0 aromatic heterocycles. The van der Waals surface area contributed by atoms with Gasteiger partial charge in [-0.1, -0.05) is 24.3 Å². The number of aromatic hydroxyl groups is 2. The van der Waals surface area contributed by atoms with Crippen LogP contribution in [0.2, 0.25) is 0 Å². The average molecular weight is 945 g/mol. The van der Waals surface area contributed by atoms with Gasteiger partial charge in [-0.15, -0.1) is 10.2 Å². The molecule has 10 N–H and O–H groups in total. The van der Waals surface area contributed by atoms with Crippen molar-refractivity contribution in [2.75, 3.05) is 10.6 Å². The lowest BCUT2D eigenvalue weighted by Gasteiger charge is -2.13. The zero-order valence-corrected chi connectivity index (χ0v) is 34.8. The number of nitrogens with zero attached hydrogens (tertiary/aromatic N) is 4. The molecule has 0 spiro atoms. The predicted molar refractivity (Wildman–Crippen MR) is 230 cm³/mol. The van der Waals surface area contributed by atoms with Crippen LogP contribution in [-0.2, 0) is 39.4 Å². The Morgan fingerprint density at radius 3 is 1.15 bits per heavy atom. The molecule has 6 aromatic carbocycles. The van der Waals surface area contributed by atoms with Crippen LogP contribution in [0.25, 0.3) is 21.5 Å². The van der Waals surface area contributed by atoms with Gasteiger partial charge in [0, 0.05) is 22.1 Å². The molecule has 0 heterocycles. The van der Waals surface area contributed by atoms with Crippen molar-refractivity contribution in [3.05, 3.63) is 108 Å².